The summed E-state index contributed by atoms with van der Waals surface area (Å²) in [6.45, 7) is 4.10. The zero-order valence-corrected chi connectivity index (χ0v) is 13.1. The third kappa shape index (κ3) is 3.77. The number of hydrogen-bond acceptors (Lipinski definition) is 5. The van der Waals surface area contributed by atoms with Crippen molar-refractivity contribution in [2.24, 2.45) is 0 Å². The molecule has 2 aromatic rings. The molecule has 3 rings (SSSR count). The smallest absolute Gasteiger partial charge is 0.325 e. The third-order valence-corrected chi connectivity index (χ3v) is 3.60. The van der Waals surface area contributed by atoms with E-state index in [2.05, 4.69) is 9.97 Å². The van der Waals surface area contributed by atoms with E-state index in [9.17, 15) is 4.79 Å². The number of aromatic nitrogens is 2. The van der Waals surface area contributed by atoms with Crippen LogP contribution in [0.4, 0.5) is 0 Å². The van der Waals surface area contributed by atoms with Crippen LogP contribution in [-0.2, 0) is 0 Å². The highest BCUT2D eigenvalue weighted by Crippen LogP contribution is 2.21. The number of benzene rings is 1. The molecule has 1 aliphatic rings. The van der Waals surface area contributed by atoms with Gasteiger partial charge in [0.05, 0.1) is 6.61 Å². The number of carbonyl (C=O) groups is 1. The van der Waals surface area contributed by atoms with Crippen LogP contribution in [-0.4, -0.2) is 40.5 Å². The molecule has 0 bridgehead atoms. The van der Waals surface area contributed by atoms with Crippen molar-refractivity contribution in [3.63, 3.8) is 0 Å². The number of likely N-dealkylation sites (tertiary alicyclic amines) is 1. The summed E-state index contributed by atoms with van der Waals surface area (Å²) in [4.78, 5) is 22.4. The Balaban J connectivity index is 1.67. The largest absolute Gasteiger partial charge is 0.478 e. The van der Waals surface area contributed by atoms with E-state index < -0.39 is 0 Å². The van der Waals surface area contributed by atoms with Crippen molar-refractivity contribution in [1.29, 1.82) is 0 Å². The molecule has 23 heavy (non-hydrogen) atoms. The Kier molecular flexibility index (Phi) is 4.71. The predicted octanol–water partition coefficient (Wildman–Crippen LogP) is 2.90. The molecule has 2 heterocycles. The van der Waals surface area contributed by atoms with Crippen molar-refractivity contribution in [2.75, 3.05) is 19.7 Å². The molecule has 1 aliphatic heterocycles. The topological polar surface area (TPSA) is 64.6 Å². The van der Waals surface area contributed by atoms with Crippen molar-refractivity contribution < 1.29 is 14.3 Å². The molecule has 1 saturated heterocycles. The summed E-state index contributed by atoms with van der Waals surface area (Å²) in [5.41, 5.74) is 0.670. The summed E-state index contributed by atoms with van der Waals surface area (Å²) >= 11 is 0. The van der Waals surface area contributed by atoms with Crippen LogP contribution in [0.5, 0.6) is 17.6 Å². The molecule has 120 valence electrons. The van der Waals surface area contributed by atoms with Crippen LogP contribution in [0.3, 0.4) is 0 Å². The molecule has 0 unspecified atom stereocenters. The average Bonchev–Trinajstić information content (AvgIpc) is 3.10. The summed E-state index contributed by atoms with van der Waals surface area (Å²) < 4.78 is 10.9. The Bertz CT molecular complexity index is 667. The normalized spacial score (nSPS) is 13.9. The van der Waals surface area contributed by atoms with Crippen LogP contribution >= 0.6 is 0 Å². The van der Waals surface area contributed by atoms with Gasteiger partial charge in [-0.3, -0.25) is 4.79 Å². The lowest BCUT2D eigenvalue weighted by atomic mass is 10.2. The first-order valence-corrected chi connectivity index (χ1v) is 7.79. The molecule has 6 heteroatoms. The Morgan fingerprint density at radius 3 is 2.61 bits per heavy atom. The Morgan fingerprint density at radius 1 is 1.17 bits per heavy atom. The van der Waals surface area contributed by atoms with Crippen LogP contribution in [0, 0.1) is 0 Å². The summed E-state index contributed by atoms with van der Waals surface area (Å²) in [6, 6.07) is 8.92. The first-order valence-electron chi connectivity index (χ1n) is 7.79. The Morgan fingerprint density at radius 2 is 1.91 bits per heavy atom. The molecular weight excluding hydrogens is 294 g/mol. The lowest BCUT2D eigenvalue weighted by molar-refractivity contribution is 0.0793. The maximum Gasteiger partial charge on any atom is 0.325 e. The fraction of sp³-hybridized carbons (Fsp3) is 0.353. The second kappa shape index (κ2) is 7.09. The third-order valence-electron chi connectivity index (χ3n) is 3.60. The number of nitrogens with zero attached hydrogens (tertiary/aromatic N) is 3. The van der Waals surface area contributed by atoms with Gasteiger partial charge in [0.15, 0.2) is 0 Å². The van der Waals surface area contributed by atoms with Gasteiger partial charge in [0.2, 0.25) is 5.88 Å². The molecular formula is C17H19N3O3. The number of hydrogen-bond donors (Lipinski definition) is 0. The molecule has 0 N–H and O–H groups in total. The van der Waals surface area contributed by atoms with E-state index in [-0.39, 0.29) is 11.9 Å². The van der Waals surface area contributed by atoms with Gasteiger partial charge in [-0.25, -0.2) is 4.98 Å². The highest BCUT2D eigenvalue weighted by atomic mass is 16.5. The molecule has 0 radical (unpaired) electrons. The van der Waals surface area contributed by atoms with Crippen molar-refractivity contribution in [3.05, 3.63) is 42.1 Å². The van der Waals surface area contributed by atoms with Crippen LogP contribution in [0.2, 0.25) is 0 Å². The van der Waals surface area contributed by atoms with Gasteiger partial charge in [-0.15, -0.1) is 0 Å². The van der Waals surface area contributed by atoms with Crippen molar-refractivity contribution in [1.82, 2.24) is 14.9 Å². The van der Waals surface area contributed by atoms with Gasteiger partial charge in [0.25, 0.3) is 5.91 Å². The van der Waals surface area contributed by atoms with Crippen LogP contribution in [0.15, 0.2) is 36.5 Å². The fourth-order valence-corrected chi connectivity index (χ4v) is 2.48. The van der Waals surface area contributed by atoms with E-state index >= 15 is 0 Å². The van der Waals surface area contributed by atoms with E-state index in [1.165, 1.54) is 0 Å². The van der Waals surface area contributed by atoms with Gasteiger partial charge in [-0.05, 0) is 44.0 Å². The monoisotopic (exact) mass is 313 g/mol. The quantitative estimate of drug-likeness (QED) is 0.849. The fourth-order valence-electron chi connectivity index (χ4n) is 2.48. The van der Waals surface area contributed by atoms with Gasteiger partial charge in [0, 0.05) is 30.9 Å². The van der Waals surface area contributed by atoms with Gasteiger partial charge >= 0.3 is 6.01 Å². The number of ether oxygens (including phenoxy) is 2. The minimum Gasteiger partial charge on any atom is -0.478 e. The summed E-state index contributed by atoms with van der Waals surface area (Å²) in [7, 11) is 0. The molecule has 1 aromatic carbocycles. The highest BCUT2D eigenvalue weighted by molar-refractivity contribution is 5.94. The average molecular weight is 313 g/mol. The maximum atomic E-state index is 12.3. The molecule has 0 aliphatic carbocycles. The summed E-state index contributed by atoms with van der Waals surface area (Å²) in [5.74, 6) is 1.12. The summed E-state index contributed by atoms with van der Waals surface area (Å²) in [6.07, 6.45) is 3.75. The standard InChI is InChI=1S/C17H19N3O3/c1-2-22-15-9-10-18-17(19-15)23-14-7-5-13(6-8-14)16(21)20-11-3-4-12-20/h5-10H,2-4,11-12H2,1H3. The van der Waals surface area contributed by atoms with Crippen LogP contribution in [0.25, 0.3) is 0 Å². The lowest BCUT2D eigenvalue weighted by Crippen LogP contribution is -2.27. The SMILES string of the molecule is CCOc1ccnc(Oc2ccc(C(=O)N3CCCC3)cc2)n1. The molecule has 6 nitrogen and oxygen atoms in total. The Labute approximate surface area is 135 Å². The second-order valence-corrected chi connectivity index (χ2v) is 5.24. The van der Waals surface area contributed by atoms with Gasteiger partial charge in [0.1, 0.15) is 5.75 Å². The molecule has 1 aromatic heterocycles. The van der Waals surface area contributed by atoms with Crippen molar-refractivity contribution in [3.8, 4) is 17.6 Å². The minimum absolute atomic E-state index is 0.0728. The molecule has 0 saturated carbocycles. The van der Waals surface area contributed by atoms with Crippen LogP contribution < -0.4 is 9.47 Å². The molecule has 1 fully saturated rings. The molecule has 1 amide bonds. The van der Waals surface area contributed by atoms with Gasteiger partial charge in [-0.2, -0.15) is 4.98 Å². The zero-order chi connectivity index (χ0) is 16.1. The lowest BCUT2D eigenvalue weighted by Gasteiger charge is -2.15. The van der Waals surface area contributed by atoms with E-state index in [0.717, 1.165) is 25.9 Å². The number of carbonyl (C=O) groups excluding carboxylic acids is 1. The number of rotatable bonds is 5. The maximum absolute atomic E-state index is 12.3. The van der Waals surface area contributed by atoms with Crippen molar-refractivity contribution in [2.45, 2.75) is 19.8 Å². The molecule has 0 atom stereocenters. The summed E-state index contributed by atoms with van der Waals surface area (Å²) in [5, 5.41) is 0. The first-order chi connectivity index (χ1) is 11.3. The molecule has 0 spiro atoms. The second-order valence-electron chi connectivity index (χ2n) is 5.24. The zero-order valence-electron chi connectivity index (χ0n) is 13.1. The van der Waals surface area contributed by atoms with E-state index in [1.807, 2.05) is 11.8 Å². The first kappa shape index (κ1) is 15.3. The van der Waals surface area contributed by atoms with E-state index in [0.29, 0.717) is 23.8 Å². The Hall–Kier alpha value is -2.63. The van der Waals surface area contributed by atoms with Crippen molar-refractivity contribution >= 4 is 5.91 Å². The predicted molar refractivity (Wildman–Crippen MR) is 84.9 cm³/mol. The van der Waals surface area contributed by atoms with E-state index in [4.69, 9.17) is 9.47 Å². The van der Waals surface area contributed by atoms with Gasteiger partial charge < -0.3 is 14.4 Å². The highest BCUT2D eigenvalue weighted by Gasteiger charge is 2.19. The van der Waals surface area contributed by atoms with Crippen LogP contribution in [0.1, 0.15) is 30.1 Å². The van der Waals surface area contributed by atoms with Gasteiger partial charge in [-0.1, -0.05) is 0 Å². The number of amides is 1. The minimum atomic E-state index is 0.0728. The van der Waals surface area contributed by atoms with E-state index in [1.54, 1.807) is 36.5 Å².